The molecule has 0 bridgehead atoms. The summed E-state index contributed by atoms with van der Waals surface area (Å²) in [7, 11) is 1.57. The number of nitrogens with zero attached hydrogens (tertiary/aromatic N) is 2. The van der Waals surface area contributed by atoms with Crippen LogP contribution in [0.5, 0.6) is 5.75 Å². The molecule has 1 fully saturated rings. The van der Waals surface area contributed by atoms with Crippen LogP contribution >= 0.6 is 0 Å². The summed E-state index contributed by atoms with van der Waals surface area (Å²) >= 11 is 0. The van der Waals surface area contributed by atoms with Crippen molar-refractivity contribution in [3.05, 3.63) is 24.3 Å². The van der Waals surface area contributed by atoms with Crippen LogP contribution < -0.4 is 15.0 Å². The lowest BCUT2D eigenvalue weighted by Gasteiger charge is -2.27. The summed E-state index contributed by atoms with van der Waals surface area (Å²) in [6, 6.07) is 6.85. The molecule has 0 saturated carbocycles. The first-order chi connectivity index (χ1) is 11.4. The van der Waals surface area contributed by atoms with Crippen LogP contribution in [0.15, 0.2) is 24.3 Å². The van der Waals surface area contributed by atoms with E-state index in [1.165, 1.54) is 11.8 Å². The van der Waals surface area contributed by atoms with Gasteiger partial charge in [0.05, 0.1) is 25.9 Å². The van der Waals surface area contributed by atoms with Crippen molar-refractivity contribution in [2.24, 2.45) is 0 Å². The number of benzene rings is 1. The zero-order chi connectivity index (χ0) is 17.7. The standard InChI is InChI=1S/C16H23N3O5/c1-16(10-20,11-21)17-14(22)9-18-7-8-19(15(18)23)12-3-5-13(24-2)6-4-12/h3-6,20-21H,7-11H2,1-2H3,(H,17,22). The van der Waals surface area contributed by atoms with Gasteiger partial charge in [-0.05, 0) is 31.2 Å². The van der Waals surface area contributed by atoms with Crippen LogP contribution in [0, 0.1) is 0 Å². The molecule has 132 valence electrons. The largest absolute Gasteiger partial charge is 0.497 e. The number of hydrogen-bond acceptors (Lipinski definition) is 5. The van der Waals surface area contributed by atoms with Crippen LogP contribution in [0.4, 0.5) is 10.5 Å². The number of carbonyl (C=O) groups is 2. The SMILES string of the molecule is COc1ccc(N2CCN(CC(=O)NC(C)(CO)CO)C2=O)cc1. The second-order valence-electron chi connectivity index (χ2n) is 5.98. The van der Waals surface area contributed by atoms with Crippen molar-refractivity contribution < 1.29 is 24.5 Å². The predicted molar refractivity (Wildman–Crippen MR) is 88.0 cm³/mol. The molecule has 1 saturated heterocycles. The number of aliphatic hydroxyl groups excluding tert-OH is 2. The molecule has 1 aliphatic rings. The zero-order valence-electron chi connectivity index (χ0n) is 13.9. The minimum Gasteiger partial charge on any atom is -0.497 e. The molecule has 1 aromatic carbocycles. The first kappa shape index (κ1) is 18.0. The zero-order valence-corrected chi connectivity index (χ0v) is 13.9. The molecule has 0 aliphatic carbocycles. The third-order valence-electron chi connectivity index (χ3n) is 3.95. The van der Waals surface area contributed by atoms with Crippen molar-refractivity contribution in [1.82, 2.24) is 10.2 Å². The maximum absolute atomic E-state index is 12.4. The van der Waals surface area contributed by atoms with Gasteiger partial charge in [-0.15, -0.1) is 0 Å². The van der Waals surface area contributed by atoms with Crippen molar-refractivity contribution in [3.63, 3.8) is 0 Å². The van der Waals surface area contributed by atoms with Gasteiger partial charge in [0.25, 0.3) is 0 Å². The Hall–Kier alpha value is -2.32. The summed E-state index contributed by atoms with van der Waals surface area (Å²) in [6.45, 7) is 1.53. The molecule has 0 aromatic heterocycles. The van der Waals surface area contributed by atoms with E-state index in [0.29, 0.717) is 18.8 Å². The van der Waals surface area contributed by atoms with E-state index in [-0.39, 0.29) is 25.8 Å². The van der Waals surface area contributed by atoms with Gasteiger partial charge >= 0.3 is 6.03 Å². The minimum absolute atomic E-state index is 0.124. The van der Waals surface area contributed by atoms with Gasteiger partial charge in [-0.2, -0.15) is 0 Å². The van der Waals surface area contributed by atoms with E-state index < -0.39 is 11.4 Å². The number of amides is 3. The Kier molecular flexibility index (Phi) is 5.63. The number of rotatable bonds is 7. The van der Waals surface area contributed by atoms with Crippen LogP contribution in [-0.2, 0) is 4.79 Å². The molecule has 3 N–H and O–H groups in total. The Labute approximate surface area is 140 Å². The summed E-state index contributed by atoms with van der Waals surface area (Å²) in [5.41, 5.74) is -0.366. The lowest BCUT2D eigenvalue weighted by Crippen LogP contribution is -2.54. The van der Waals surface area contributed by atoms with Crippen molar-refractivity contribution in [2.45, 2.75) is 12.5 Å². The molecule has 1 heterocycles. The highest BCUT2D eigenvalue weighted by Crippen LogP contribution is 2.23. The maximum atomic E-state index is 12.4. The first-order valence-electron chi connectivity index (χ1n) is 7.65. The topological polar surface area (TPSA) is 102 Å². The van der Waals surface area contributed by atoms with Gasteiger partial charge < -0.3 is 25.2 Å². The second kappa shape index (κ2) is 7.50. The van der Waals surface area contributed by atoms with Crippen molar-refractivity contribution in [1.29, 1.82) is 0 Å². The number of anilines is 1. The van der Waals surface area contributed by atoms with Gasteiger partial charge in [0.15, 0.2) is 0 Å². The molecule has 0 spiro atoms. The lowest BCUT2D eigenvalue weighted by atomic mass is 10.1. The lowest BCUT2D eigenvalue weighted by molar-refractivity contribution is -0.124. The fourth-order valence-corrected chi connectivity index (χ4v) is 2.41. The molecule has 3 amide bonds. The quantitative estimate of drug-likeness (QED) is 0.639. The van der Waals surface area contributed by atoms with Gasteiger partial charge in [-0.25, -0.2) is 4.79 Å². The third-order valence-corrected chi connectivity index (χ3v) is 3.95. The normalized spacial score (nSPS) is 14.9. The van der Waals surface area contributed by atoms with Crippen molar-refractivity contribution in [2.75, 3.05) is 44.9 Å². The smallest absolute Gasteiger partial charge is 0.325 e. The summed E-state index contributed by atoms with van der Waals surface area (Å²) < 4.78 is 5.09. The van der Waals surface area contributed by atoms with Gasteiger partial charge in [-0.1, -0.05) is 0 Å². The Balaban J connectivity index is 1.97. The molecule has 0 unspecified atom stereocenters. The Morgan fingerprint density at radius 2 is 1.88 bits per heavy atom. The number of hydrogen-bond donors (Lipinski definition) is 3. The molecule has 1 aromatic rings. The van der Waals surface area contributed by atoms with E-state index in [1.54, 1.807) is 36.3 Å². The molecule has 8 heteroatoms. The number of nitrogens with one attached hydrogen (secondary N) is 1. The van der Waals surface area contributed by atoms with Crippen LogP contribution in [-0.4, -0.2) is 72.5 Å². The number of methoxy groups -OCH3 is 1. The fraction of sp³-hybridized carbons (Fsp3) is 0.500. The van der Waals surface area contributed by atoms with E-state index in [2.05, 4.69) is 5.32 Å². The Morgan fingerprint density at radius 1 is 1.25 bits per heavy atom. The summed E-state index contributed by atoms with van der Waals surface area (Å²) in [6.07, 6.45) is 0. The fourth-order valence-electron chi connectivity index (χ4n) is 2.41. The highest BCUT2D eigenvalue weighted by Gasteiger charge is 2.32. The van der Waals surface area contributed by atoms with Gasteiger partial charge in [0, 0.05) is 18.8 Å². The third kappa shape index (κ3) is 3.95. The highest BCUT2D eigenvalue weighted by molar-refractivity contribution is 5.96. The van der Waals surface area contributed by atoms with E-state index in [0.717, 1.165) is 5.69 Å². The van der Waals surface area contributed by atoms with E-state index >= 15 is 0 Å². The second-order valence-corrected chi connectivity index (χ2v) is 5.98. The average Bonchev–Trinajstić information content (AvgIpc) is 2.95. The highest BCUT2D eigenvalue weighted by atomic mass is 16.5. The maximum Gasteiger partial charge on any atom is 0.325 e. The molecule has 0 atom stereocenters. The molecule has 24 heavy (non-hydrogen) atoms. The van der Waals surface area contributed by atoms with E-state index in [9.17, 15) is 19.8 Å². The number of aliphatic hydroxyl groups is 2. The molecular weight excluding hydrogens is 314 g/mol. The van der Waals surface area contributed by atoms with Crippen LogP contribution in [0.25, 0.3) is 0 Å². The Bertz CT molecular complexity index is 586. The van der Waals surface area contributed by atoms with Crippen LogP contribution in [0.3, 0.4) is 0 Å². The number of carbonyl (C=O) groups excluding carboxylic acids is 2. The molecule has 1 aliphatic heterocycles. The van der Waals surface area contributed by atoms with Crippen LogP contribution in [0.2, 0.25) is 0 Å². The van der Waals surface area contributed by atoms with Gasteiger partial charge in [0.2, 0.25) is 5.91 Å². The summed E-state index contributed by atoms with van der Waals surface area (Å²) in [5, 5.41) is 21.0. The monoisotopic (exact) mass is 337 g/mol. The van der Waals surface area contributed by atoms with E-state index in [1.807, 2.05) is 0 Å². The molecule has 0 radical (unpaired) electrons. The van der Waals surface area contributed by atoms with Crippen molar-refractivity contribution in [3.8, 4) is 5.75 Å². The average molecular weight is 337 g/mol. The molecule has 2 rings (SSSR count). The number of ether oxygens (including phenoxy) is 1. The number of urea groups is 1. The summed E-state index contributed by atoms with van der Waals surface area (Å²) in [4.78, 5) is 27.5. The molecular formula is C16H23N3O5. The summed E-state index contributed by atoms with van der Waals surface area (Å²) in [5.74, 6) is 0.277. The predicted octanol–water partition coefficient (Wildman–Crippen LogP) is -0.203. The van der Waals surface area contributed by atoms with Gasteiger partial charge in [-0.3, -0.25) is 9.69 Å². The van der Waals surface area contributed by atoms with Gasteiger partial charge in [0.1, 0.15) is 12.3 Å². The first-order valence-corrected chi connectivity index (χ1v) is 7.65. The Morgan fingerprint density at radius 3 is 2.42 bits per heavy atom. The van der Waals surface area contributed by atoms with Crippen molar-refractivity contribution >= 4 is 17.6 Å². The molecule has 8 nitrogen and oxygen atoms in total. The van der Waals surface area contributed by atoms with Crippen LogP contribution in [0.1, 0.15) is 6.92 Å². The minimum atomic E-state index is -1.10. The van der Waals surface area contributed by atoms with E-state index in [4.69, 9.17) is 4.74 Å².